The molecule has 0 N–H and O–H groups in total. The van der Waals surface area contributed by atoms with E-state index in [4.69, 9.17) is 4.42 Å². The summed E-state index contributed by atoms with van der Waals surface area (Å²) in [6.45, 7) is 0. The largest absolute Gasteiger partial charge is 0.453 e. The van der Waals surface area contributed by atoms with E-state index >= 15 is 0 Å². The molecule has 0 aliphatic rings. The first kappa shape index (κ1) is 25.9. The van der Waals surface area contributed by atoms with Gasteiger partial charge in [0.25, 0.3) is 0 Å². The minimum atomic E-state index is 0.882. The Morgan fingerprint density at radius 1 is 0.391 bits per heavy atom. The van der Waals surface area contributed by atoms with E-state index in [1.165, 1.54) is 40.3 Å². The van der Waals surface area contributed by atoms with E-state index in [0.29, 0.717) is 0 Å². The van der Waals surface area contributed by atoms with E-state index in [2.05, 4.69) is 157 Å². The zero-order valence-corrected chi connectivity index (χ0v) is 26.2. The summed E-state index contributed by atoms with van der Waals surface area (Å²) in [5.41, 5.74) is 7.28. The highest BCUT2D eigenvalue weighted by Crippen LogP contribution is 2.47. The number of benzene rings is 7. The zero-order chi connectivity index (χ0) is 30.2. The second-order valence-corrected chi connectivity index (χ2v) is 13.9. The van der Waals surface area contributed by atoms with Crippen LogP contribution in [0.3, 0.4) is 0 Å². The van der Waals surface area contributed by atoms with Crippen molar-refractivity contribution in [3.63, 3.8) is 0 Å². The number of nitrogens with zero attached hydrogens (tertiary/aromatic N) is 1. The van der Waals surface area contributed by atoms with Crippen LogP contribution in [0, 0.1) is 0 Å². The van der Waals surface area contributed by atoms with E-state index in [-0.39, 0.29) is 0 Å². The minimum Gasteiger partial charge on any atom is -0.453 e. The Kier molecular flexibility index (Phi) is 5.65. The molecule has 0 unspecified atom stereocenters. The molecule has 0 atom stereocenters. The lowest BCUT2D eigenvalue weighted by Gasteiger charge is -2.26. The van der Waals surface area contributed by atoms with Crippen LogP contribution in [0.1, 0.15) is 0 Å². The molecule has 0 saturated heterocycles. The molecule has 0 radical (unpaired) electrons. The fraction of sp³-hybridized carbons (Fsp3) is 0. The number of anilines is 3. The average Bonchev–Trinajstić information content (AvgIpc) is 3.80. The minimum absolute atomic E-state index is 0.882. The Hall–Kier alpha value is -5.42. The maximum Gasteiger partial charge on any atom is 0.159 e. The van der Waals surface area contributed by atoms with Crippen LogP contribution in [-0.4, -0.2) is 0 Å². The van der Waals surface area contributed by atoms with Crippen molar-refractivity contribution in [1.29, 1.82) is 0 Å². The van der Waals surface area contributed by atoms with Gasteiger partial charge in [0.15, 0.2) is 5.58 Å². The van der Waals surface area contributed by atoms with Crippen LogP contribution >= 0.6 is 22.7 Å². The number of hydrogen-bond donors (Lipinski definition) is 0. The predicted molar refractivity (Wildman–Crippen MR) is 200 cm³/mol. The number of thiophene rings is 2. The summed E-state index contributed by atoms with van der Waals surface area (Å²) in [6, 6.07) is 54.7. The molecule has 0 spiro atoms. The highest BCUT2D eigenvalue weighted by molar-refractivity contribution is 7.26. The Labute approximate surface area is 273 Å². The van der Waals surface area contributed by atoms with Gasteiger partial charge in [0.2, 0.25) is 0 Å². The van der Waals surface area contributed by atoms with Gasteiger partial charge in [-0.25, -0.2) is 0 Å². The SMILES string of the molecule is c1ccc(-c2cccc3c2oc2c(N(c4ccc5c(c4)sc4ccccc45)c4ccc5sc6ccccc6c5c4)cccc23)cc1. The third-order valence-electron chi connectivity index (χ3n) is 9.07. The van der Waals surface area contributed by atoms with E-state index < -0.39 is 0 Å². The van der Waals surface area contributed by atoms with Crippen LogP contribution in [0.4, 0.5) is 17.1 Å². The maximum absolute atomic E-state index is 6.93. The van der Waals surface area contributed by atoms with Gasteiger partial charge in [-0.15, -0.1) is 22.7 Å². The van der Waals surface area contributed by atoms with E-state index in [1.54, 1.807) is 0 Å². The Morgan fingerprint density at radius 3 is 1.80 bits per heavy atom. The van der Waals surface area contributed by atoms with Gasteiger partial charge in [-0.05, 0) is 54.1 Å². The molecule has 0 saturated carbocycles. The smallest absolute Gasteiger partial charge is 0.159 e. The molecule has 0 bridgehead atoms. The number of para-hydroxylation sites is 2. The van der Waals surface area contributed by atoms with Crippen LogP contribution in [0.25, 0.3) is 73.4 Å². The lowest BCUT2D eigenvalue weighted by atomic mass is 10.0. The molecule has 0 aliphatic carbocycles. The van der Waals surface area contributed by atoms with Crippen LogP contribution in [0.2, 0.25) is 0 Å². The lowest BCUT2D eigenvalue weighted by Crippen LogP contribution is -2.10. The molecular weight excluding hydrogens is 599 g/mol. The van der Waals surface area contributed by atoms with Crippen LogP contribution in [-0.2, 0) is 0 Å². The number of furan rings is 1. The van der Waals surface area contributed by atoms with Gasteiger partial charge >= 0.3 is 0 Å². The summed E-state index contributed by atoms with van der Waals surface area (Å²) >= 11 is 3.70. The first-order valence-electron chi connectivity index (χ1n) is 15.4. The molecule has 0 fully saturated rings. The van der Waals surface area contributed by atoms with Crippen molar-refractivity contribution in [3.8, 4) is 11.1 Å². The molecule has 46 heavy (non-hydrogen) atoms. The summed E-state index contributed by atoms with van der Waals surface area (Å²) in [6.07, 6.45) is 0. The van der Waals surface area contributed by atoms with Gasteiger partial charge in [0.1, 0.15) is 5.58 Å². The summed E-state index contributed by atoms with van der Waals surface area (Å²) < 4.78 is 12.1. The molecule has 7 aromatic carbocycles. The van der Waals surface area contributed by atoms with Crippen molar-refractivity contribution < 1.29 is 4.42 Å². The van der Waals surface area contributed by atoms with Gasteiger partial charge in [-0.1, -0.05) is 103 Å². The van der Waals surface area contributed by atoms with Crippen molar-refractivity contribution in [2.75, 3.05) is 4.90 Å². The molecule has 10 aromatic rings. The Bertz CT molecular complexity index is 2770. The van der Waals surface area contributed by atoms with E-state index in [1.807, 2.05) is 22.7 Å². The van der Waals surface area contributed by atoms with Gasteiger partial charge in [0.05, 0.1) is 5.69 Å². The first-order chi connectivity index (χ1) is 22.8. The number of rotatable bonds is 4. The summed E-state index contributed by atoms with van der Waals surface area (Å²) in [7, 11) is 0. The predicted octanol–water partition coefficient (Wildman–Crippen LogP) is 13.5. The Balaban J connectivity index is 1.26. The van der Waals surface area contributed by atoms with Crippen LogP contribution in [0.15, 0.2) is 156 Å². The zero-order valence-electron chi connectivity index (χ0n) is 24.6. The molecule has 3 heterocycles. The quantitative estimate of drug-likeness (QED) is 0.194. The number of fused-ring (bicyclic) bond motifs is 9. The average molecular weight is 624 g/mol. The topological polar surface area (TPSA) is 16.4 Å². The van der Waals surface area contributed by atoms with Gasteiger partial charge in [-0.3, -0.25) is 0 Å². The molecule has 10 rings (SSSR count). The third kappa shape index (κ3) is 3.87. The van der Waals surface area contributed by atoms with E-state index in [9.17, 15) is 0 Å². The van der Waals surface area contributed by atoms with Gasteiger partial charge in [0, 0.05) is 68.1 Å². The molecule has 216 valence electrons. The van der Waals surface area contributed by atoms with Crippen molar-refractivity contribution in [1.82, 2.24) is 0 Å². The van der Waals surface area contributed by atoms with Crippen molar-refractivity contribution in [2.45, 2.75) is 0 Å². The summed E-state index contributed by atoms with van der Waals surface area (Å²) in [4.78, 5) is 2.38. The molecule has 4 heteroatoms. The second kappa shape index (κ2) is 10.0. The molecule has 3 aromatic heterocycles. The highest BCUT2D eigenvalue weighted by Gasteiger charge is 2.22. The van der Waals surface area contributed by atoms with Crippen molar-refractivity contribution in [3.05, 3.63) is 152 Å². The van der Waals surface area contributed by atoms with Gasteiger partial charge in [-0.2, -0.15) is 0 Å². The van der Waals surface area contributed by atoms with E-state index in [0.717, 1.165) is 50.1 Å². The standard InChI is InChI=1S/C42H25NOS2/c1-2-10-26(11-3-1)29-14-8-15-33-34-16-9-17-36(42(34)44-41(29)33)43(27-21-23-39-35(24-27)31-13-5-7-19-38(31)45-39)28-20-22-32-30-12-4-6-18-37(30)46-40(32)25-28/h1-25H. The van der Waals surface area contributed by atoms with Crippen LogP contribution in [0.5, 0.6) is 0 Å². The normalized spacial score (nSPS) is 11.9. The third-order valence-corrected chi connectivity index (χ3v) is 11.4. The number of hydrogen-bond acceptors (Lipinski definition) is 4. The summed E-state index contributed by atoms with van der Waals surface area (Å²) in [5, 5.41) is 7.39. The second-order valence-electron chi connectivity index (χ2n) is 11.7. The lowest BCUT2D eigenvalue weighted by molar-refractivity contribution is 0.670. The Morgan fingerprint density at radius 2 is 0.978 bits per heavy atom. The van der Waals surface area contributed by atoms with Crippen molar-refractivity contribution >= 4 is 102 Å². The van der Waals surface area contributed by atoms with Crippen molar-refractivity contribution in [2.24, 2.45) is 0 Å². The molecule has 0 amide bonds. The fourth-order valence-corrected chi connectivity index (χ4v) is 9.19. The summed E-state index contributed by atoms with van der Waals surface area (Å²) in [5.74, 6) is 0. The molecule has 2 nitrogen and oxygen atoms in total. The van der Waals surface area contributed by atoms with Crippen LogP contribution < -0.4 is 4.90 Å². The molecular formula is C42H25NOS2. The maximum atomic E-state index is 6.93. The molecule has 0 aliphatic heterocycles. The highest BCUT2D eigenvalue weighted by atomic mass is 32.1. The first-order valence-corrected chi connectivity index (χ1v) is 17.1. The van der Waals surface area contributed by atoms with Gasteiger partial charge < -0.3 is 9.32 Å². The monoisotopic (exact) mass is 623 g/mol. The fourth-order valence-electron chi connectivity index (χ4n) is 6.96.